The number of amides is 1. The molecule has 1 unspecified atom stereocenters. The summed E-state index contributed by atoms with van der Waals surface area (Å²) in [5.41, 5.74) is 1.81. The van der Waals surface area contributed by atoms with Gasteiger partial charge in [-0.1, -0.05) is 0 Å². The third kappa shape index (κ3) is 2.27. The monoisotopic (exact) mass is 230 g/mol. The van der Waals surface area contributed by atoms with Crippen LogP contribution in [0.25, 0.3) is 0 Å². The van der Waals surface area contributed by atoms with Crippen molar-refractivity contribution in [3.05, 3.63) is 29.3 Å². The third-order valence-corrected chi connectivity index (χ3v) is 2.27. The number of benzene rings is 1. The molecule has 0 aliphatic heterocycles. The molecule has 0 fully saturated rings. The molecule has 0 bridgehead atoms. The second-order valence-electron chi connectivity index (χ2n) is 3.24. The summed E-state index contributed by atoms with van der Waals surface area (Å²) in [7, 11) is 1.23. The van der Waals surface area contributed by atoms with Crippen molar-refractivity contribution in [3.8, 4) is 5.75 Å². The van der Waals surface area contributed by atoms with E-state index < -0.39 is 23.5 Å². The number of hydrogen-bond donors (Lipinski definition) is 2. The minimum atomic E-state index is -0.870. The van der Waals surface area contributed by atoms with Gasteiger partial charge in [-0.25, -0.2) is 14.6 Å². The molecule has 0 radical (unpaired) electrons. The van der Waals surface area contributed by atoms with Gasteiger partial charge in [0.1, 0.15) is 5.82 Å². The molecule has 0 spiro atoms. The molecule has 0 saturated carbocycles. The molecule has 1 atom stereocenters. The number of ether oxygens (including phenoxy) is 1. The van der Waals surface area contributed by atoms with Gasteiger partial charge < -0.3 is 4.74 Å². The first-order chi connectivity index (χ1) is 7.51. The van der Waals surface area contributed by atoms with Crippen LogP contribution < -0.4 is 16.0 Å². The maximum absolute atomic E-state index is 13.5. The first-order valence-corrected chi connectivity index (χ1v) is 4.54. The van der Waals surface area contributed by atoms with Gasteiger partial charge in [0.05, 0.1) is 13.0 Å². The summed E-state index contributed by atoms with van der Waals surface area (Å²) in [5.74, 6) is 1.80. The molecule has 1 aromatic carbocycles. The SMILES string of the molecule is COc1cc(F)c(C(C)C(=O)NN)cc1F. The number of carbonyl (C=O) groups is 1. The maximum atomic E-state index is 13.5. The molecule has 0 saturated heterocycles. The molecule has 0 aromatic heterocycles. The zero-order valence-corrected chi connectivity index (χ0v) is 8.88. The minimum absolute atomic E-state index is 0.0683. The van der Waals surface area contributed by atoms with Gasteiger partial charge in [0, 0.05) is 11.6 Å². The summed E-state index contributed by atoms with van der Waals surface area (Å²) in [5, 5.41) is 0. The Morgan fingerprint density at radius 1 is 1.44 bits per heavy atom. The molecule has 4 nitrogen and oxygen atoms in total. The maximum Gasteiger partial charge on any atom is 0.241 e. The van der Waals surface area contributed by atoms with Gasteiger partial charge in [-0.15, -0.1) is 0 Å². The van der Waals surface area contributed by atoms with Gasteiger partial charge in [-0.3, -0.25) is 10.2 Å². The molecular formula is C10H12F2N2O2. The van der Waals surface area contributed by atoms with Crippen molar-refractivity contribution >= 4 is 5.91 Å². The van der Waals surface area contributed by atoms with Crippen LogP contribution in [-0.2, 0) is 4.79 Å². The van der Waals surface area contributed by atoms with E-state index in [1.807, 2.05) is 5.43 Å². The van der Waals surface area contributed by atoms with E-state index in [1.165, 1.54) is 14.0 Å². The van der Waals surface area contributed by atoms with E-state index >= 15 is 0 Å². The molecule has 0 heterocycles. The van der Waals surface area contributed by atoms with E-state index in [1.54, 1.807) is 0 Å². The van der Waals surface area contributed by atoms with Crippen LogP contribution in [0.2, 0.25) is 0 Å². The highest BCUT2D eigenvalue weighted by Crippen LogP contribution is 2.26. The van der Waals surface area contributed by atoms with Crippen molar-refractivity contribution in [1.82, 2.24) is 5.43 Å². The zero-order valence-electron chi connectivity index (χ0n) is 8.88. The molecule has 1 rings (SSSR count). The summed E-state index contributed by atoms with van der Waals surface area (Å²) in [4.78, 5) is 11.2. The largest absolute Gasteiger partial charge is 0.494 e. The Balaban J connectivity index is 3.15. The first kappa shape index (κ1) is 12.4. The highest BCUT2D eigenvalue weighted by atomic mass is 19.1. The van der Waals surface area contributed by atoms with Crippen molar-refractivity contribution in [3.63, 3.8) is 0 Å². The fourth-order valence-electron chi connectivity index (χ4n) is 1.30. The van der Waals surface area contributed by atoms with Crippen LogP contribution in [-0.4, -0.2) is 13.0 Å². The number of carbonyl (C=O) groups excluding carboxylic acids is 1. The normalized spacial score (nSPS) is 12.1. The number of halogens is 2. The average Bonchev–Trinajstić information content (AvgIpc) is 2.29. The Morgan fingerprint density at radius 3 is 2.56 bits per heavy atom. The number of nitrogens with one attached hydrogen (secondary N) is 1. The topological polar surface area (TPSA) is 64.3 Å². The smallest absolute Gasteiger partial charge is 0.241 e. The van der Waals surface area contributed by atoms with Gasteiger partial charge in [0.25, 0.3) is 0 Å². The van der Waals surface area contributed by atoms with Gasteiger partial charge in [0.15, 0.2) is 11.6 Å². The second kappa shape index (κ2) is 4.89. The lowest BCUT2D eigenvalue weighted by Gasteiger charge is -2.12. The van der Waals surface area contributed by atoms with Crippen molar-refractivity contribution in [1.29, 1.82) is 0 Å². The summed E-state index contributed by atoms with van der Waals surface area (Å²) < 4.78 is 31.4. The van der Waals surface area contributed by atoms with E-state index in [0.29, 0.717) is 0 Å². The minimum Gasteiger partial charge on any atom is -0.494 e. The Hall–Kier alpha value is -1.69. The van der Waals surface area contributed by atoms with Crippen LogP contribution in [0, 0.1) is 11.6 Å². The van der Waals surface area contributed by atoms with Crippen LogP contribution in [0.3, 0.4) is 0 Å². The predicted molar refractivity (Wildman–Crippen MR) is 53.7 cm³/mol. The van der Waals surface area contributed by atoms with E-state index in [2.05, 4.69) is 4.74 Å². The molecule has 3 N–H and O–H groups in total. The van der Waals surface area contributed by atoms with Crippen LogP contribution >= 0.6 is 0 Å². The first-order valence-electron chi connectivity index (χ1n) is 4.54. The van der Waals surface area contributed by atoms with Crippen molar-refractivity contribution in [2.75, 3.05) is 7.11 Å². The van der Waals surface area contributed by atoms with E-state index in [9.17, 15) is 13.6 Å². The Labute approximate surface area is 91.4 Å². The van der Waals surface area contributed by atoms with Crippen molar-refractivity contribution < 1.29 is 18.3 Å². The molecule has 1 amide bonds. The lowest BCUT2D eigenvalue weighted by Crippen LogP contribution is -2.34. The highest BCUT2D eigenvalue weighted by molar-refractivity contribution is 5.82. The van der Waals surface area contributed by atoms with Crippen LogP contribution in [0.5, 0.6) is 5.75 Å². The van der Waals surface area contributed by atoms with Gasteiger partial charge in [-0.2, -0.15) is 0 Å². The average molecular weight is 230 g/mol. The third-order valence-electron chi connectivity index (χ3n) is 2.27. The quantitative estimate of drug-likeness (QED) is 0.463. The Bertz CT molecular complexity index is 410. The number of nitrogens with two attached hydrogens (primary N) is 1. The van der Waals surface area contributed by atoms with Crippen LogP contribution in [0.15, 0.2) is 12.1 Å². The van der Waals surface area contributed by atoms with Crippen molar-refractivity contribution in [2.24, 2.45) is 5.84 Å². The van der Waals surface area contributed by atoms with Crippen molar-refractivity contribution in [2.45, 2.75) is 12.8 Å². The Morgan fingerprint density at radius 2 is 2.06 bits per heavy atom. The van der Waals surface area contributed by atoms with Gasteiger partial charge in [0.2, 0.25) is 5.91 Å². The van der Waals surface area contributed by atoms with E-state index in [4.69, 9.17) is 5.84 Å². The molecule has 16 heavy (non-hydrogen) atoms. The molecule has 0 aliphatic carbocycles. The molecule has 0 aliphatic rings. The Kier molecular flexibility index (Phi) is 3.78. The summed E-state index contributed by atoms with van der Waals surface area (Å²) in [6.45, 7) is 1.42. The number of rotatable bonds is 3. The zero-order chi connectivity index (χ0) is 12.3. The molecular weight excluding hydrogens is 218 g/mol. The summed E-state index contributed by atoms with van der Waals surface area (Å²) >= 11 is 0. The standard InChI is InChI=1S/C10H12F2N2O2/c1-5(10(15)14-13)6-3-8(12)9(16-2)4-7(6)11/h3-5H,13H2,1-2H3,(H,14,15). The summed E-state index contributed by atoms with van der Waals surface area (Å²) in [6.07, 6.45) is 0. The van der Waals surface area contributed by atoms with Gasteiger partial charge in [-0.05, 0) is 13.0 Å². The fourth-order valence-corrected chi connectivity index (χ4v) is 1.30. The predicted octanol–water partition coefficient (Wildman–Crippen LogP) is 1.07. The number of hydrazine groups is 1. The highest BCUT2D eigenvalue weighted by Gasteiger charge is 2.20. The van der Waals surface area contributed by atoms with E-state index in [-0.39, 0.29) is 11.3 Å². The number of hydrogen-bond acceptors (Lipinski definition) is 3. The molecule has 6 heteroatoms. The fraction of sp³-hybridized carbons (Fsp3) is 0.300. The molecule has 1 aromatic rings. The van der Waals surface area contributed by atoms with Crippen LogP contribution in [0.1, 0.15) is 18.4 Å². The van der Waals surface area contributed by atoms with E-state index in [0.717, 1.165) is 12.1 Å². The second-order valence-corrected chi connectivity index (χ2v) is 3.24. The lowest BCUT2D eigenvalue weighted by molar-refractivity contribution is -0.122. The number of methoxy groups -OCH3 is 1. The van der Waals surface area contributed by atoms with Crippen LogP contribution in [0.4, 0.5) is 8.78 Å². The lowest BCUT2D eigenvalue weighted by atomic mass is 9.99. The summed E-state index contributed by atoms with van der Waals surface area (Å²) in [6, 6.07) is 1.82. The molecule has 88 valence electrons. The van der Waals surface area contributed by atoms with Gasteiger partial charge >= 0.3 is 0 Å².